The molecule has 2 rings (SSSR count). The number of hydrogen-bond donors (Lipinski definition) is 2. The zero-order valence-electron chi connectivity index (χ0n) is 11.5. The highest BCUT2D eigenvalue weighted by Crippen LogP contribution is 2.25. The molecule has 0 spiro atoms. The van der Waals surface area contributed by atoms with Crippen LogP contribution < -0.4 is 10.6 Å². The van der Waals surface area contributed by atoms with E-state index in [1.54, 1.807) is 18.2 Å². The van der Waals surface area contributed by atoms with Crippen LogP contribution in [0.25, 0.3) is 0 Å². The summed E-state index contributed by atoms with van der Waals surface area (Å²) < 4.78 is 0. The van der Waals surface area contributed by atoms with Crippen LogP contribution in [0.5, 0.6) is 0 Å². The zero-order valence-corrected chi connectivity index (χ0v) is 13.0. The maximum absolute atomic E-state index is 12.1. The second-order valence-electron chi connectivity index (χ2n) is 4.96. The number of anilines is 1. The van der Waals surface area contributed by atoms with Crippen molar-refractivity contribution in [3.8, 4) is 0 Å². The minimum atomic E-state index is -0.0243. The summed E-state index contributed by atoms with van der Waals surface area (Å²) in [7, 11) is 0. The van der Waals surface area contributed by atoms with E-state index in [2.05, 4.69) is 22.5 Å². The first-order valence-electron chi connectivity index (χ1n) is 6.80. The fourth-order valence-electron chi connectivity index (χ4n) is 2.17. The molecule has 110 valence electrons. The first-order chi connectivity index (χ1) is 9.60. The number of rotatable bonds is 6. The van der Waals surface area contributed by atoms with Crippen molar-refractivity contribution in [2.24, 2.45) is 0 Å². The van der Waals surface area contributed by atoms with Gasteiger partial charge < -0.3 is 10.6 Å². The Morgan fingerprint density at radius 1 is 1.40 bits per heavy atom. The molecule has 0 aromatic heterocycles. The zero-order chi connectivity index (χ0) is 14.5. The van der Waals surface area contributed by atoms with Crippen LogP contribution in [0, 0.1) is 0 Å². The predicted octanol–water partition coefficient (Wildman–Crippen LogP) is 2.62. The van der Waals surface area contributed by atoms with Crippen molar-refractivity contribution in [1.82, 2.24) is 10.2 Å². The Hall–Kier alpha value is -0.810. The third kappa shape index (κ3) is 4.09. The maximum Gasteiger partial charge on any atom is 0.238 e. The van der Waals surface area contributed by atoms with Gasteiger partial charge in [-0.3, -0.25) is 9.69 Å². The Morgan fingerprint density at radius 3 is 2.70 bits per heavy atom. The Morgan fingerprint density at radius 2 is 2.15 bits per heavy atom. The minimum absolute atomic E-state index is 0.0243. The molecule has 1 heterocycles. The number of carbonyl (C=O) groups is 1. The van der Waals surface area contributed by atoms with E-state index in [-0.39, 0.29) is 5.91 Å². The van der Waals surface area contributed by atoms with Crippen LogP contribution in [-0.2, 0) is 4.79 Å². The van der Waals surface area contributed by atoms with Crippen LogP contribution >= 0.6 is 23.2 Å². The van der Waals surface area contributed by atoms with E-state index in [0.29, 0.717) is 28.3 Å². The molecule has 1 aromatic rings. The van der Waals surface area contributed by atoms with Crippen molar-refractivity contribution in [3.05, 3.63) is 28.2 Å². The fraction of sp³-hybridized carbons (Fsp3) is 0.500. The van der Waals surface area contributed by atoms with Crippen molar-refractivity contribution in [2.75, 3.05) is 31.5 Å². The molecule has 20 heavy (non-hydrogen) atoms. The molecule has 2 N–H and O–H groups in total. The molecule has 1 saturated heterocycles. The van der Waals surface area contributed by atoms with E-state index in [4.69, 9.17) is 23.2 Å². The van der Waals surface area contributed by atoms with E-state index in [1.165, 1.54) is 0 Å². The summed E-state index contributed by atoms with van der Waals surface area (Å²) in [6.45, 7) is 5.37. The maximum atomic E-state index is 12.1. The summed E-state index contributed by atoms with van der Waals surface area (Å²) in [5, 5.41) is 7.02. The fourth-order valence-corrected chi connectivity index (χ4v) is 2.47. The molecule has 0 unspecified atom stereocenters. The molecule has 1 aliphatic heterocycles. The number of nitrogens with zero attached hydrogens (tertiary/aromatic N) is 1. The van der Waals surface area contributed by atoms with E-state index in [0.717, 1.165) is 26.1 Å². The van der Waals surface area contributed by atoms with Gasteiger partial charge in [-0.2, -0.15) is 0 Å². The van der Waals surface area contributed by atoms with E-state index in [1.807, 2.05) is 0 Å². The lowest BCUT2D eigenvalue weighted by molar-refractivity contribution is -0.118. The topological polar surface area (TPSA) is 44.4 Å². The highest BCUT2D eigenvalue weighted by atomic mass is 35.5. The van der Waals surface area contributed by atoms with Crippen molar-refractivity contribution in [2.45, 2.75) is 19.4 Å². The molecule has 0 bridgehead atoms. The van der Waals surface area contributed by atoms with Gasteiger partial charge in [0.25, 0.3) is 0 Å². The lowest BCUT2D eigenvalue weighted by Crippen LogP contribution is -2.58. The third-order valence-corrected chi connectivity index (χ3v) is 4.08. The molecule has 4 nitrogen and oxygen atoms in total. The monoisotopic (exact) mass is 315 g/mol. The van der Waals surface area contributed by atoms with Crippen molar-refractivity contribution in [3.63, 3.8) is 0 Å². The lowest BCUT2D eigenvalue weighted by atomic mass is 10.1. The SMILES string of the molecule is CCCN(CC(=O)Nc1ccc(Cl)c(Cl)c1)C1CNC1. The van der Waals surface area contributed by atoms with Crippen molar-refractivity contribution < 1.29 is 4.79 Å². The van der Waals surface area contributed by atoms with Crippen molar-refractivity contribution >= 4 is 34.8 Å². The van der Waals surface area contributed by atoms with Crippen LogP contribution in [-0.4, -0.2) is 43.0 Å². The van der Waals surface area contributed by atoms with E-state index >= 15 is 0 Å². The van der Waals surface area contributed by atoms with E-state index in [9.17, 15) is 4.79 Å². The molecule has 0 radical (unpaired) electrons. The predicted molar refractivity (Wildman–Crippen MR) is 83.6 cm³/mol. The minimum Gasteiger partial charge on any atom is -0.325 e. The standard InChI is InChI=1S/C14H19Cl2N3O/c1-2-5-19(11-7-17-8-11)9-14(20)18-10-3-4-12(15)13(16)6-10/h3-4,6,11,17H,2,5,7-9H2,1H3,(H,18,20). The van der Waals surface area contributed by atoms with Gasteiger partial charge in [0.2, 0.25) is 5.91 Å². The van der Waals surface area contributed by atoms with Crippen LogP contribution in [0.15, 0.2) is 18.2 Å². The van der Waals surface area contributed by atoms with Gasteiger partial charge in [0, 0.05) is 24.8 Å². The van der Waals surface area contributed by atoms with Crippen molar-refractivity contribution in [1.29, 1.82) is 0 Å². The Kier molecular flexibility index (Phi) is 5.66. The third-order valence-electron chi connectivity index (χ3n) is 3.34. The van der Waals surface area contributed by atoms with Gasteiger partial charge in [0.15, 0.2) is 0 Å². The molecule has 1 fully saturated rings. The first kappa shape index (κ1) is 15.6. The molecule has 1 aliphatic rings. The summed E-state index contributed by atoms with van der Waals surface area (Å²) in [5.41, 5.74) is 0.674. The smallest absolute Gasteiger partial charge is 0.238 e. The number of halogens is 2. The average molecular weight is 316 g/mol. The number of amides is 1. The summed E-state index contributed by atoms with van der Waals surface area (Å²) in [5.74, 6) is -0.0243. The van der Waals surface area contributed by atoms with Gasteiger partial charge in [-0.05, 0) is 31.2 Å². The summed E-state index contributed by atoms with van der Waals surface area (Å²) in [6, 6.07) is 5.56. The molecule has 0 atom stereocenters. The summed E-state index contributed by atoms with van der Waals surface area (Å²) in [4.78, 5) is 14.3. The normalized spacial score (nSPS) is 15.2. The second-order valence-corrected chi connectivity index (χ2v) is 5.77. The largest absolute Gasteiger partial charge is 0.325 e. The van der Waals surface area contributed by atoms with Gasteiger partial charge in [-0.25, -0.2) is 0 Å². The molecule has 6 heteroatoms. The summed E-state index contributed by atoms with van der Waals surface area (Å²) >= 11 is 11.8. The van der Waals surface area contributed by atoms with Gasteiger partial charge in [-0.15, -0.1) is 0 Å². The highest BCUT2D eigenvalue weighted by Gasteiger charge is 2.25. The molecule has 0 aliphatic carbocycles. The Labute approximate surface area is 129 Å². The lowest BCUT2D eigenvalue weighted by Gasteiger charge is -2.37. The summed E-state index contributed by atoms with van der Waals surface area (Å²) in [6.07, 6.45) is 1.04. The van der Waals surface area contributed by atoms with E-state index < -0.39 is 0 Å². The van der Waals surface area contributed by atoms with Gasteiger partial charge in [0.1, 0.15) is 0 Å². The highest BCUT2D eigenvalue weighted by molar-refractivity contribution is 6.42. The first-order valence-corrected chi connectivity index (χ1v) is 7.55. The molecule has 0 saturated carbocycles. The van der Waals surface area contributed by atoms with Crippen LogP contribution in [0.4, 0.5) is 5.69 Å². The quantitative estimate of drug-likeness (QED) is 0.848. The molecule has 1 aromatic carbocycles. The number of hydrogen-bond acceptors (Lipinski definition) is 3. The second kappa shape index (κ2) is 7.27. The Balaban J connectivity index is 1.91. The van der Waals surface area contributed by atoms with Gasteiger partial charge >= 0.3 is 0 Å². The van der Waals surface area contributed by atoms with Crippen LogP contribution in [0.1, 0.15) is 13.3 Å². The molecule has 1 amide bonds. The van der Waals surface area contributed by atoms with Gasteiger partial charge in [-0.1, -0.05) is 30.1 Å². The Bertz CT molecular complexity index is 477. The molecular formula is C14H19Cl2N3O. The average Bonchev–Trinajstić information content (AvgIpc) is 2.32. The molecular weight excluding hydrogens is 297 g/mol. The number of nitrogens with one attached hydrogen (secondary N) is 2. The number of benzene rings is 1. The van der Waals surface area contributed by atoms with Gasteiger partial charge in [0.05, 0.1) is 16.6 Å². The number of carbonyl (C=O) groups excluding carboxylic acids is 1. The van der Waals surface area contributed by atoms with Crippen LogP contribution in [0.3, 0.4) is 0 Å². The van der Waals surface area contributed by atoms with Crippen LogP contribution in [0.2, 0.25) is 10.0 Å².